The van der Waals surface area contributed by atoms with Gasteiger partial charge < -0.3 is 15.4 Å². The summed E-state index contributed by atoms with van der Waals surface area (Å²) < 4.78 is 5.50. The van der Waals surface area contributed by atoms with E-state index in [2.05, 4.69) is 46.4 Å². The minimum absolute atomic E-state index is 0. The van der Waals surface area contributed by atoms with Crippen molar-refractivity contribution < 1.29 is 4.74 Å². The van der Waals surface area contributed by atoms with E-state index in [0.29, 0.717) is 25.6 Å². The molecular formula is C18H28IN5OS. The Kier molecular flexibility index (Phi) is 10.5. The lowest BCUT2D eigenvalue weighted by atomic mass is 10.3. The van der Waals surface area contributed by atoms with Crippen LogP contribution in [0.4, 0.5) is 0 Å². The van der Waals surface area contributed by atoms with Crippen molar-refractivity contribution >= 4 is 41.3 Å². The Labute approximate surface area is 176 Å². The van der Waals surface area contributed by atoms with Gasteiger partial charge in [-0.05, 0) is 32.8 Å². The van der Waals surface area contributed by atoms with Crippen molar-refractivity contribution in [3.8, 4) is 5.88 Å². The molecule has 0 atom stereocenters. The van der Waals surface area contributed by atoms with Crippen LogP contribution in [0.3, 0.4) is 0 Å². The molecule has 0 aliphatic heterocycles. The van der Waals surface area contributed by atoms with Crippen LogP contribution in [0.5, 0.6) is 5.88 Å². The van der Waals surface area contributed by atoms with E-state index in [4.69, 9.17) is 4.74 Å². The van der Waals surface area contributed by atoms with Gasteiger partial charge in [0, 0.05) is 23.7 Å². The summed E-state index contributed by atoms with van der Waals surface area (Å²) in [6.07, 6.45) is 2.79. The van der Waals surface area contributed by atoms with Gasteiger partial charge in [-0.1, -0.05) is 13.0 Å². The number of nitrogens with one attached hydrogen (secondary N) is 2. The molecule has 0 amide bonds. The van der Waals surface area contributed by atoms with Crippen molar-refractivity contribution in [2.24, 2.45) is 4.99 Å². The Balaban J connectivity index is 0.00000338. The van der Waals surface area contributed by atoms with Crippen molar-refractivity contribution in [3.05, 3.63) is 39.5 Å². The molecular weight excluding hydrogens is 461 g/mol. The van der Waals surface area contributed by atoms with Crippen LogP contribution >= 0.6 is 35.3 Å². The molecule has 8 heteroatoms. The largest absolute Gasteiger partial charge is 0.478 e. The van der Waals surface area contributed by atoms with E-state index in [1.54, 1.807) is 11.3 Å². The molecule has 0 aliphatic carbocycles. The van der Waals surface area contributed by atoms with Crippen LogP contribution in [0.15, 0.2) is 23.3 Å². The third kappa shape index (κ3) is 7.45. The van der Waals surface area contributed by atoms with Crippen LogP contribution in [0.2, 0.25) is 0 Å². The minimum Gasteiger partial charge on any atom is -0.478 e. The van der Waals surface area contributed by atoms with Crippen molar-refractivity contribution in [1.29, 1.82) is 0 Å². The molecule has 2 aromatic rings. The molecule has 2 aromatic heterocycles. The van der Waals surface area contributed by atoms with E-state index < -0.39 is 0 Å². The number of aryl methyl sites for hydroxylation is 2. The van der Waals surface area contributed by atoms with E-state index in [1.165, 1.54) is 4.88 Å². The molecule has 0 spiro atoms. The topological polar surface area (TPSA) is 71.4 Å². The van der Waals surface area contributed by atoms with E-state index in [0.717, 1.165) is 35.2 Å². The van der Waals surface area contributed by atoms with Gasteiger partial charge in [-0.25, -0.2) is 15.0 Å². The quantitative estimate of drug-likeness (QED) is 0.335. The van der Waals surface area contributed by atoms with Crippen LogP contribution < -0.4 is 15.4 Å². The van der Waals surface area contributed by atoms with Crippen LogP contribution in [0.25, 0.3) is 0 Å². The molecule has 0 fully saturated rings. The molecule has 0 bridgehead atoms. The number of thiazole rings is 1. The van der Waals surface area contributed by atoms with Crippen LogP contribution in [0.1, 0.15) is 41.4 Å². The molecule has 0 aromatic carbocycles. The molecule has 2 N–H and O–H groups in total. The zero-order chi connectivity index (χ0) is 18.1. The smallest absolute Gasteiger partial charge is 0.213 e. The Hall–Kier alpha value is -1.42. The summed E-state index contributed by atoms with van der Waals surface area (Å²) >= 11 is 1.72. The molecule has 0 unspecified atom stereocenters. The summed E-state index contributed by atoms with van der Waals surface area (Å²) in [6, 6.07) is 3.89. The second kappa shape index (κ2) is 12.1. The number of halogens is 1. The van der Waals surface area contributed by atoms with Crippen molar-refractivity contribution in [1.82, 2.24) is 20.6 Å². The number of rotatable bonds is 8. The van der Waals surface area contributed by atoms with E-state index in [1.807, 2.05) is 25.3 Å². The Morgan fingerprint density at radius 3 is 2.62 bits per heavy atom. The number of nitrogens with zero attached hydrogens (tertiary/aromatic N) is 3. The van der Waals surface area contributed by atoms with Crippen LogP contribution in [-0.4, -0.2) is 29.1 Å². The minimum atomic E-state index is 0. The fraction of sp³-hybridized carbons (Fsp3) is 0.500. The fourth-order valence-electron chi connectivity index (χ4n) is 2.08. The zero-order valence-electron chi connectivity index (χ0n) is 15.8. The van der Waals surface area contributed by atoms with Crippen molar-refractivity contribution in [2.75, 3.05) is 13.2 Å². The molecule has 0 radical (unpaired) electrons. The number of guanidine groups is 1. The highest BCUT2D eigenvalue weighted by Gasteiger charge is 2.05. The maximum Gasteiger partial charge on any atom is 0.213 e. The summed E-state index contributed by atoms with van der Waals surface area (Å²) in [5.74, 6) is 1.44. The number of hydrogen-bond donors (Lipinski definition) is 2. The zero-order valence-corrected chi connectivity index (χ0v) is 19.0. The predicted octanol–water partition coefficient (Wildman–Crippen LogP) is 3.82. The molecule has 6 nitrogen and oxygen atoms in total. The summed E-state index contributed by atoms with van der Waals surface area (Å²) in [5, 5.41) is 7.65. The lowest BCUT2D eigenvalue weighted by Gasteiger charge is -2.10. The average molecular weight is 489 g/mol. The van der Waals surface area contributed by atoms with E-state index >= 15 is 0 Å². The number of aliphatic imine (C=N–C) groups is 1. The maximum atomic E-state index is 5.50. The monoisotopic (exact) mass is 489 g/mol. The number of ether oxygens (including phenoxy) is 1. The van der Waals surface area contributed by atoms with Gasteiger partial charge in [0.25, 0.3) is 0 Å². The van der Waals surface area contributed by atoms with Crippen molar-refractivity contribution in [3.63, 3.8) is 0 Å². The highest BCUT2D eigenvalue weighted by atomic mass is 127. The number of aromatic nitrogens is 2. The summed E-state index contributed by atoms with van der Waals surface area (Å²) in [7, 11) is 0. The van der Waals surface area contributed by atoms with E-state index in [9.17, 15) is 0 Å². The lowest BCUT2D eigenvalue weighted by molar-refractivity contribution is 0.305. The number of pyridine rings is 1. The molecule has 144 valence electrons. The van der Waals surface area contributed by atoms with Crippen LogP contribution in [-0.2, 0) is 13.1 Å². The van der Waals surface area contributed by atoms with Gasteiger partial charge >= 0.3 is 0 Å². The van der Waals surface area contributed by atoms with E-state index in [-0.39, 0.29) is 24.0 Å². The lowest BCUT2D eigenvalue weighted by Crippen LogP contribution is -2.36. The van der Waals surface area contributed by atoms with Gasteiger partial charge in [0.15, 0.2) is 5.96 Å². The fourth-order valence-corrected chi connectivity index (χ4v) is 2.96. The summed E-state index contributed by atoms with van der Waals surface area (Å²) in [6.45, 7) is 11.0. The summed E-state index contributed by atoms with van der Waals surface area (Å²) in [4.78, 5) is 14.7. The Bertz CT molecular complexity index is 668. The Morgan fingerprint density at radius 1 is 1.23 bits per heavy atom. The standard InChI is InChI=1S/C18H27N5OS.HI/c1-5-9-24-16-8-7-15(10-20-16)11-21-18(19-6-2)22-12-17-23-13(3)14(4)25-17;/h7-8,10H,5-6,9,11-12H2,1-4H3,(H2,19,21,22);1H. The molecule has 0 saturated heterocycles. The maximum absolute atomic E-state index is 5.50. The first-order chi connectivity index (χ1) is 12.1. The van der Waals surface area contributed by atoms with Gasteiger partial charge in [-0.15, -0.1) is 35.3 Å². The first-order valence-electron chi connectivity index (χ1n) is 8.65. The van der Waals surface area contributed by atoms with Gasteiger partial charge in [0.05, 0.1) is 25.4 Å². The summed E-state index contributed by atoms with van der Waals surface area (Å²) in [5.41, 5.74) is 2.14. The highest BCUT2D eigenvalue weighted by Crippen LogP contribution is 2.16. The molecule has 2 heterocycles. The highest BCUT2D eigenvalue weighted by molar-refractivity contribution is 14.0. The molecule has 2 rings (SSSR count). The van der Waals surface area contributed by atoms with Gasteiger partial charge in [0.1, 0.15) is 5.01 Å². The second-order valence-electron chi connectivity index (χ2n) is 5.65. The van der Waals surface area contributed by atoms with Crippen molar-refractivity contribution in [2.45, 2.75) is 47.2 Å². The third-order valence-corrected chi connectivity index (χ3v) is 4.57. The first kappa shape index (κ1) is 22.6. The third-order valence-electron chi connectivity index (χ3n) is 3.50. The SMILES string of the molecule is CCCOc1ccc(CN=C(NCC)NCc2nc(C)c(C)s2)cn1.I. The molecule has 0 aliphatic rings. The average Bonchev–Trinajstić information content (AvgIpc) is 2.94. The Morgan fingerprint density at radius 2 is 2.04 bits per heavy atom. The number of hydrogen-bond acceptors (Lipinski definition) is 5. The molecule has 0 saturated carbocycles. The predicted molar refractivity (Wildman–Crippen MR) is 119 cm³/mol. The normalized spacial score (nSPS) is 11.0. The van der Waals surface area contributed by atoms with Gasteiger partial charge in [-0.3, -0.25) is 0 Å². The van der Waals surface area contributed by atoms with Crippen LogP contribution in [0, 0.1) is 13.8 Å². The van der Waals surface area contributed by atoms with Gasteiger partial charge in [0.2, 0.25) is 5.88 Å². The first-order valence-corrected chi connectivity index (χ1v) is 9.46. The van der Waals surface area contributed by atoms with Gasteiger partial charge in [-0.2, -0.15) is 0 Å². The second-order valence-corrected chi connectivity index (χ2v) is 6.94. The molecule has 26 heavy (non-hydrogen) atoms.